The van der Waals surface area contributed by atoms with Crippen LogP contribution in [0.1, 0.15) is 61.0 Å². The standard InChI is InChI=1S/C25H27N5O/c1-14(2)30-22-9-7-17(12-21(22)23(28-30)16-4-5-16)25-27-24(29-31-25)20-8-6-18-13-26-11-10-19(18)15(20)3/h6-9,12,14,16,26H,4-5,10-11,13H2,1-3H3. The quantitative estimate of drug-likeness (QED) is 0.500. The van der Waals surface area contributed by atoms with Gasteiger partial charge >= 0.3 is 0 Å². The van der Waals surface area contributed by atoms with Gasteiger partial charge in [-0.05, 0) is 81.5 Å². The maximum Gasteiger partial charge on any atom is 0.258 e. The van der Waals surface area contributed by atoms with E-state index in [0.717, 1.165) is 30.6 Å². The van der Waals surface area contributed by atoms with Crippen molar-refractivity contribution in [2.75, 3.05) is 6.54 Å². The van der Waals surface area contributed by atoms with Gasteiger partial charge in [0.2, 0.25) is 5.82 Å². The molecule has 0 atom stereocenters. The fraction of sp³-hybridized carbons (Fsp3) is 0.400. The molecule has 6 heteroatoms. The van der Waals surface area contributed by atoms with Gasteiger partial charge in [-0.1, -0.05) is 17.3 Å². The zero-order valence-electron chi connectivity index (χ0n) is 18.3. The minimum absolute atomic E-state index is 0.332. The summed E-state index contributed by atoms with van der Waals surface area (Å²) in [6.07, 6.45) is 3.50. The summed E-state index contributed by atoms with van der Waals surface area (Å²) in [7, 11) is 0. The van der Waals surface area contributed by atoms with E-state index in [4.69, 9.17) is 14.6 Å². The highest BCUT2D eigenvalue weighted by Crippen LogP contribution is 2.43. The Bertz CT molecular complexity index is 1290. The maximum atomic E-state index is 5.72. The normalized spacial score (nSPS) is 16.3. The molecule has 0 bridgehead atoms. The lowest BCUT2D eigenvalue weighted by atomic mass is 9.92. The second kappa shape index (κ2) is 7.02. The van der Waals surface area contributed by atoms with Gasteiger partial charge in [-0.25, -0.2) is 0 Å². The van der Waals surface area contributed by atoms with Crippen LogP contribution in [0.2, 0.25) is 0 Å². The summed E-state index contributed by atoms with van der Waals surface area (Å²) in [5.74, 6) is 1.81. The first-order chi connectivity index (χ1) is 15.1. The van der Waals surface area contributed by atoms with E-state index in [9.17, 15) is 0 Å². The number of benzene rings is 2. The van der Waals surface area contributed by atoms with Gasteiger partial charge in [0.1, 0.15) is 0 Å². The number of aromatic nitrogens is 4. The third-order valence-corrected chi connectivity index (χ3v) is 6.66. The third-order valence-electron chi connectivity index (χ3n) is 6.66. The number of hydrogen-bond donors (Lipinski definition) is 1. The highest BCUT2D eigenvalue weighted by atomic mass is 16.5. The van der Waals surface area contributed by atoms with Gasteiger partial charge in [0.15, 0.2) is 0 Å². The first-order valence-electron chi connectivity index (χ1n) is 11.3. The van der Waals surface area contributed by atoms with Crippen molar-refractivity contribution in [1.29, 1.82) is 0 Å². The molecule has 1 saturated carbocycles. The Hall–Kier alpha value is -2.99. The van der Waals surface area contributed by atoms with Gasteiger partial charge in [0, 0.05) is 35.0 Å². The van der Waals surface area contributed by atoms with E-state index < -0.39 is 0 Å². The number of nitrogens with one attached hydrogen (secondary N) is 1. The van der Waals surface area contributed by atoms with Gasteiger partial charge in [-0.15, -0.1) is 0 Å². The van der Waals surface area contributed by atoms with Crippen molar-refractivity contribution in [2.45, 2.75) is 58.5 Å². The van der Waals surface area contributed by atoms with E-state index in [2.05, 4.69) is 66.3 Å². The molecule has 0 spiro atoms. The highest BCUT2D eigenvalue weighted by molar-refractivity contribution is 5.87. The van der Waals surface area contributed by atoms with Crippen molar-refractivity contribution in [2.24, 2.45) is 0 Å². The maximum absolute atomic E-state index is 5.72. The first kappa shape index (κ1) is 18.8. The third kappa shape index (κ3) is 3.08. The van der Waals surface area contributed by atoms with E-state index >= 15 is 0 Å². The van der Waals surface area contributed by atoms with E-state index in [0.29, 0.717) is 23.7 Å². The number of fused-ring (bicyclic) bond motifs is 2. The van der Waals surface area contributed by atoms with Crippen LogP contribution in [0, 0.1) is 6.92 Å². The lowest BCUT2D eigenvalue weighted by Crippen LogP contribution is -2.24. The van der Waals surface area contributed by atoms with Crippen LogP contribution in [-0.4, -0.2) is 26.5 Å². The molecule has 1 aliphatic carbocycles. The summed E-state index contributed by atoms with van der Waals surface area (Å²) in [4.78, 5) is 4.78. The van der Waals surface area contributed by atoms with Crippen molar-refractivity contribution in [3.8, 4) is 22.8 Å². The molecule has 4 aromatic rings. The first-order valence-corrected chi connectivity index (χ1v) is 11.3. The fourth-order valence-electron chi connectivity index (χ4n) is 4.81. The number of rotatable bonds is 4. The molecule has 2 aliphatic rings. The zero-order valence-corrected chi connectivity index (χ0v) is 18.3. The van der Waals surface area contributed by atoms with Crippen LogP contribution >= 0.6 is 0 Å². The van der Waals surface area contributed by atoms with Crippen LogP contribution < -0.4 is 5.32 Å². The van der Waals surface area contributed by atoms with Gasteiger partial charge in [0.05, 0.1) is 11.2 Å². The molecule has 2 aromatic carbocycles. The van der Waals surface area contributed by atoms with Gasteiger partial charge in [-0.2, -0.15) is 10.1 Å². The molecule has 1 fully saturated rings. The van der Waals surface area contributed by atoms with E-state index in [1.165, 1.54) is 46.1 Å². The topological polar surface area (TPSA) is 68.8 Å². The number of nitrogens with zero attached hydrogens (tertiary/aromatic N) is 4. The lowest BCUT2D eigenvalue weighted by Gasteiger charge is -2.20. The Morgan fingerprint density at radius 2 is 2.03 bits per heavy atom. The Morgan fingerprint density at radius 3 is 2.84 bits per heavy atom. The van der Waals surface area contributed by atoms with Gasteiger partial charge in [0.25, 0.3) is 5.89 Å². The monoisotopic (exact) mass is 413 g/mol. The van der Waals surface area contributed by atoms with Crippen LogP contribution in [0.15, 0.2) is 34.9 Å². The fourth-order valence-corrected chi connectivity index (χ4v) is 4.81. The van der Waals surface area contributed by atoms with Crippen LogP contribution in [0.4, 0.5) is 0 Å². The molecule has 0 radical (unpaired) electrons. The smallest absolute Gasteiger partial charge is 0.258 e. The van der Waals surface area contributed by atoms with Gasteiger partial charge in [-0.3, -0.25) is 4.68 Å². The van der Waals surface area contributed by atoms with Crippen molar-refractivity contribution >= 4 is 10.9 Å². The number of hydrogen-bond acceptors (Lipinski definition) is 5. The average molecular weight is 414 g/mol. The predicted molar refractivity (Wildman–Crippen MR) is 121 cm³/mol. The lowest BCUT2D eigenvalue weighted by molar-refractivity contribution is 0.432. The molecule has 0 unspecified atom stereocenters. The molecule has 3 heterocycles. The molecule has 6 rings (SSSR count). The molecule has 1 N–H and O–H groups in total. The molecule has 31 heavy (non-hydrogen) atoms. The highest BCUT2D eigenvalue weighted by Gasteiger charge is 2.30. The predicted octanol–water partition coefficient (Wildman–Crippen LogP) is 5.17. The summed E-state index contributed by atoms with van der Waals surface area (Å²) in [6.45, 7) is 8.48. The minimum Gasteiger partial charge on any atom is -0.334 e. The molecule has 158 valence electrons. The van der Waals surface area contributed by atoms with E-state index in [1.54, 1.807) is 0 Å². The van der Waals surface area contributed by atoms with Crippen LogP contribution in [0.25, 0.3) is 33.7 Å². The Labute approximate surface area is 181 Å². The largest absolute Gasteiger partial charge is 0.334 e. The Balaban J connectivity index is 1.41. The molecule has 6 nitrogen and oxygen atoms in total. The molecule has 1 aliphatic heterocycles. The van der Waals surface area contributed by atoms with Crippen molar-refractivity contribution < 1.29 is 4.52 Å². The van der Waals surface area contributed by atoms with Crippen LogP contribution in [0.3, 0.4) is 0 Å². The van der Waals surface area contributed by atoms with Gasteiger partial charge < -0.3 is 9.84 Å². The summed E-state index contributed by atoms with van der Waals surface area (Å²) >= 11 is 0. The Kier molecular flexibility index (Phi) is 4.25. The average Bonchev–Trinajstić information content (AvgIpc) is 3.37. The van der Waals surface area contributed by atoms with E-state index in [1.807, 2.05) is 0 Å². The second-order valence-corrected chi connectivity index (χ2v) is 9.16. The molecular weight excluding hydrogens is 386 g/mol. The minimum atomic E-state index is 0.332. The van der Waals surface area contributed by atoms with E-state index in [-0.39, 0.29) is 0 Å². The summed E-state index contributed by atoms with van der Waals surface area (Å²) < 4.78 is 7.86. The second-order valence-electron chi connectivity index (χ2n) is 9.16. The molecule has 2 aromatic heterocycles. The van der Waals surface area contributed by atoms with Crippen LogP contribution in [-0.2, 0) is 13.0 Å². The molecular formula is C25H27N5O. The van der Waals surface area contributed by atoms with Crippen molar-refractivity contribution in [3.05, 3.63) is 52.7 Å². The molecule has 0 saturated heterocycles. The SMILES string of the molecule is Cc1c(-c2noc(-c3ccc4c(c3)c(C3CC3)nn4C(C)C)n2)ccc2c1CCNC2. The summed E-state index contributed by atoms with van der Waals surface area (Å²) in [6, 6.07) is 11.0. The molecule has 0 amide bonds. The summed E-state index contributed by atoms with van der Waals surface area (Å²) in [5, 5.41) is 13.9. The zero-order chi connectivity index (χ0) is 21.1. The van der Waals surface area contributed by atoms with Crippen molar-refractivity contribution in [3.63, 3.8) is 0 Å². The Morgan fingerprint density at radius 1 is 1.16 bits per heavy atom. The van der Waals surface area contributed by atoms with Crippen LogP contribution in [0.5, 0.6) is 0 Å². The van der Waals surface area contributed by atoms with Crippen molar-refractivity contribution in [1.82, 2.24) is 25.2 Å². The summed E-state index contributed by atoms with van der Waals surface area (Å²) in [5.41, 5.74) is 8.45.